The van der Waals surface area contributed by atoms with E-state index >= 15 is 0 Å². The minimum absolute atomic E-state index is 0.335. The minimum atomic E-state index is 0.335. The summed E-state index contributed by atoms with van der Waals surface area (Å²) in [7, 11) is 0. The molecule has 88 valence electrons. The third-order valence-corrected chi connectivity index (χ3v) is 4.08. The van der Waals surface area contributed by atoms with Gasteiger partial charge in [0.2, 0.25) is 0 Å². The average Bonchev–Trinajstić information content (AvgIpc) is 2.96. The van der Waals surface area contributed by atoms with Crippen molar-refractivity contribution in [3.05, 3.63) is 34.0 Å². The number of nitrogens with two attached hydrogens (primary N) is 1. The topological polar surface area (TPSA) is 38.0 Å². The number of rotatable bonds is 6. The summed E-state index contributed by atoms with van der Waals surface area (Å²) in [5.41, 5.74) is 7.41. The SMILES string of the molecule is NCC(NCCC1=CCCC1)c1cccs1. The molecule has 0 radical (unpaired) electrons. The van der Waals surface area contributed by atoms with Crippen LogP contribution in [-0.4, -0.2) is 13.1 Å². The highest BCUT2D eigenvalue weighted by Crippen LogP contribution is 2.21. The number of allylic oxidation sites excluding steroid dienone is 1. The zero-order valence-electron chi connectivity index (χ0n) is 9.61. The summed E-state index contributed by atoms with van der Waals surface area (Å²) in [4.78, 5) is 1.35. The molecule has 1 aliphatic rings. The highest BCUT2D eigenvalue weighted by atomic mass is 32.1. The molecular formula is C13H20N2S. The Hall–Kier alpha value is -0.640. The lowest BCUT2D eigenvalue weighted by Gasteiger charge is -2.15. The highest BCUT2D eigenvalue weighted by molar-refractivity contribution is 7.10. The Morgan fingerprint density at radius 3 is 3.06 bits per heavy atom. The zero-order chi connectivity index (χ0) is 11.2. The van der Waals surface area contributed by atoms with Crippen LogP contribution in [0.3, 0.4) is 0 Å². The molecule has 0 bridgehead atoms. The Morgan fingerprint density at radius 1 is 1.50 bits per heavy atom. The molecule has 1 unspecified atom stereocenters. The zero-order valence-corrected chi connectivity index (χ0v) is 10.4. The summed E-state index contributed by atoms with van der Waals surface area (Å²) in [6.07, 6.45) is 7.50. The predicted octanol–water partition coefficient (Wildman–Crippen LogP) is 2.84. The first-order chi connectivity index (χ1) is 7.90. The molecule has 1 aromatic heterocycles. The van der Waals surface area contributed by atoms with Gasteiger partial charge in [-0.2, -0.15) is 0 Å². The molecule has 16 heavy (non-hydrogen) atoms. The van der Waals surface area contributed by atoms with Crippen LogP contribution < -0.4 is 11.1 Å². The third-order valence-electron chi connectivity index (χ3n) is 3.09. The fourth-order valence-corrected chi connectivity index (χ4v) is 2.98. The van der Waals surface area contributed by atoms with E-state index in [4.69, 9.17) is 5.73 Å². The van der Waals surface area contributed by atoms with Gasteiger partial charge in [-0.05, 0) is 43.7 Å². The van der Waals surface area contributed by atoms with Gasteiger partial charge in [0, 0.05) is 11.4 Å². The molecule has 0 amide bonds. The number of nitrogens with one attached hydrogen (secondary N) is 1. The normalized spacial score (nSPS) is 17.4. The standard InChI is InChI=1S/C13H20N2S/c14-10-12(13-6-3-9-16-13)15-8-7-11-4-1-2-5-11/h3-4,6,9,12,15H,1-2,5,7-8,10,14H2. The van der Waals surface area contributed by atoms with Crippen molar-refractivity contribution in [2.45, 2.75) is 31.7 Å². The summed E-state index contributed by atoms with van der Waals surface area (Å²) in [5, 5.41) is 5.65. The number of hydrogen-bond donors (Lipinski definition) is 2. The van der Waals surface area contributed by atoms with Crippen molar-refractivity contribution in [1.29, 1.82) is 0 Å². The highest BCUT2D eigenvalue weighted by Gasteiger charge is 2.10. The van der Waals surface area contributed by atoms with E-state index in [1.165, 1.54) is 30.6 Å². The molecule has 1 aliphatic carbocycles. The molecular weight excluding hydrogens is 216 g/mol. The first-order valence-corrected chi connectivity index (χ1v) is 6.93. The molecule has 0 aliphatic heterocycles. The van der Waals surface area contributed by atoms with Crippen molar-refractivity contribution >= 4 is 11.3 Å². The molecule has 0 spiro atoms. The summed E-state index contributed by atoms with van der Waals surface area (Å²) in [5.74, 6) is 0. The summed E-state index contributed by atoms with van der Waals surface area (Å²) < 4.78 is 0. The van der Waals surface area contributed by atoms with E-state index in [2.05, 4.69) is 28.9 Å². The fourth-order valence-electron chi connectivity index (χ4n) is 2.16. The van der Waals surface area contributed by atoms with Gasteiger partial charge < -0.3 is 11.1 Å². The van der Waals surface area contributed by atoms with Crippen molar-refractivity contribution in [2.75, 3.05) is 13.1 Å². The lowest BCUT2D eigenvalue weighted by molar-refractivity contribution is 0.549. The maximum absolute atomic E-state index is 5.79. The number of hydrogen-bond acceptors (Lipinski definition) is 3. The van der Waals surface area contributed by atoms with Crippen LogP contribution >= 0.6 is 11.3 Å². The van der Waals surface area contributed by atoms with Crippen LogP contribution in [0.25, 0.3) is 0 Å². The van der Waals surface area contributed by atoms with Crippen LogP contribution in [0.2, 0.25) is 0 Å². The second-order valence-corrected chi connectivity index (χ2v) is 5.24. The lowest BCUT2D eigenvalue weighted by Crippen LogP contribution is -2.28. The molecule has 1 heterocycles. The predicted molar refractivity (Wildman–Crippen MR) is 70.7 cm³/mol. The van der Waals surface area contributed by atoms with E-state index in [1.54, 1.807) is 16.9 Å². The Morgan fingerprint density at radius 2 is 2.44 bits per heavy atom. The maximum atomic E-state index is 5.79. The monoisotopic (exact) mass is 236 g/mol. The van der Waals surface area contributed by atoms with Crippen molar-refractivity contribution in [1.82, 2.24) is 5.32 Å². The largest absolute Gasteiger partial charge is 0.329 e. The smallest absolute Gasteiger partial charge is 0.0539 e. The summed E-state index contributed by atoms with van der Waals surface area (Å²) in [6.45, 7) is 1.73. The second-order valence-electron chi connectivity index (χ2n) is 4.26. The average molecular weight is 236 g/mol. The van der Waals surface area contributed by atoms with Crippen molar-refractivity contribution in [3.8, 4) is 0 Å². The van der Waals surface area contributed by atoms with E-state index < -0.39 is 0 Å². The molecule has 1 aromatic rings. The van der Waals surface area contributed by atoms with Gasteiger partial charge in [-0.3, -0.25) is 0 Å². The van der Waals surface area contributed by atoms with Gasteiger partial charge in [-0.25, -0.2) is 0 Å². The van der Waals surface area contributed by atoms with Crippen LogP contribution in [-0.2, 0) is 0 Å². The molecule has 0 fully saturated rings. The van der Waals surface area contributed by atoms with Crippen molar-refractivity contribution < 1.29 is 0 Å². The van der Waals surface area contributed by atoms with E-state index in [0.29, 0.717) is 12.6 Å². The van der Waals surface area contributed by atoms with Crippen molar-refractivity contribution in [3.63, 3.8) is 0 Å². The van der Waals surface area contributed by atoms with Crippen LogP contribution in [0.1, 0.15) is 36.6 Å². The minimum Gasteiger partial charge on any atom is -0.329 e. The number of thiophene rings is 1. The van der Waals surface area contributed by atoms with Crippen molar-refractivity contribution in [2.24, 2.45) is 5.73 Å². The van der Waals surface area contributed by atoms with Crippen LogP contribution in [0.4, 0.5) is 0 Å². The maximum Gasteiger partial charge on any atom is 0.0539 e. The van der Waals surface area contributed by atoms with E-state index in [1.807, 2.05) is 0 Å². The first kappa shape index (κ1) is 11.8. The Bertz CT molecular complexity index is 330. The van der Waals surface area contributed by atoms with Crippen LogP contribution in [0.15, 0.2) is 29.2 Å². The van der Waals surface area contributed by atoms with E-state index in [-0.39, 0.29) is 0 Å². The van der Waals surface area contributed by atoms with Crippen LogP contribution in [0.5, 0.6) is 0 Å². The molecule has 0 saturated carbocycles. The van der Waals surface area contributed by atoms with Crippen LogP contribution in [0, 0.1) is 0 Å². The third kappa shape index (κ3) is 3.17. The Balaban J connectivity index is 1.75. The van der Waals surface area contributed by atoms with Gasteiger partial charge in [0.15, 0.2) is 0 Å². The molecule has 3 N–H and O–H groups in total. The van der Waals surface area contributed by atoms with Gasteiger partial charge in [-0.1, -0.05) is 17.7 Å². The molecule has 1 atom stereocenters. The Labute approximate surface area is 102 Å². The first-order valence-electron chi connectivity index (χ1n) is 6.05. The van der Waals surface area contributed by atoms with Gasteiger partial charge >= 0.3 is 0 Å². The van der Waals surface area contributed by atoms with Gasteiger partial charge in [0.1, 0.15) is 0 Å². The van der Waals surface area contributed by atoms with Gasteiger partial charge in [0.25, 0.3) is 0 Å². The lowest BCUT2D eigenvalue weighted by atomic mass is 10.1. The molecule has 0 aromatic carbocycles. The van der Waals surface area contributed by atoms with E-state index in [9.17, 15) is 0 Å². The summed E-state index contributed by atoms with van der Waals surface area (Å²) in [6, 6.07) is 4.58. The Kier molecular flexibility index (Phi) is 4.57. The second kappa shape index (κ2) is 6.18. The molecule has 3 heteroatoms. The van der Waals surface area contributed by atoms with Gasteiger partial charge in [-0.15, -0.1) is 11.3 Å². The molecule has 2 rings (SSSR count). The quantitative estimate of drug-likeness (QED) is 0.745. The fraction of sp³-hybridized carbons (Fsp3) is 0.538. The van der Waals surface area contributed by atoms with Gasteiger partial charge in [0.05, 0.1) is 6.04 Å². The molecule has 0 saturated heterocycles. The summed E-state index contributed by atoms with van der Waals surface area (Å²) >= 11 is 1.78. The molecule has 2 nitrogen and oxygen atoms in total. The van der Waals surface area contributed by atoms with E-state index in [0.717, 1.165) is 6.54 Å².